The van der Waals surface area contributed by atoms with Crippen LogP contribution in [-0.4, -0.2) is 42.7 Å². The zero-order valence-corrected chi connectivity index (χ0v) is 11.0. The van der Waals surface area contributed by atoms with Crippen molar-refractivity contribution in [2.24, 2.45) is 5.92 Å². The SMILES string of the molecule is O=C(CNCC(F)(F)F)N1CCCC1C1CCCC1. The molecule has 0 aromatic carbocycles. The number of amides is 1. The van der Waals surface area contributed by atoms with Crippen molar-refractivity contribution in [1.82, 2.24) is 10.2 Å². The summed E-state index contributed by atoms with van der Waals surface area (Å²) in [7, 11) is 0. The molecule has 1 heterocycles. The van der Waals surface area contributed by atoms with Gasteiger partial charge in [-0.25, -0.2) is 0 Å². The normalized spacial score (nSPS) is 25.2. The number of nitrogens with one attached hydrogen (secondary N) is 1. The van der Waals surface area contributed by atoms with E-state index in [1.807, 2.05) is 0 Å². The molecule has 1 saturated heterocycles. The second-order valence-corrected chi connectivity index (χ2v) is 5.56. The first-order valence-electron chi connectivity index (χ1n) is 7.04. The van der Waals surface area contributed by atoms with E-state index < -0.39 is 12.7 Å². The third-order valence-corrected chi connectivity index (χ3v) is 4.17. The van der Waals surface area contributed by atoms with Crippen LogP contribution < -0.4 is 5.32 Å². The van der Waals surface area contributed by atoms with Crippen LogP contribution in [0.2, 0.25) is 0 Å². The fourth-order valence-corrected chi connectivity index (χ4v) is 3.35. The van der Waals surface area contributed by atoms with Gasteiger partial charge >= 0.3 is 6.18 Å². The fraction of sp³-hybridized carbons (Fsp3) is 0.923. The summed E-state index contributed by atoms with van der Waals surface area (Å²) in [5.41, 5.74) is 0. The first-order valence-corrected chi connectivity index (χ1v) is 7.04. The molecule has 1 saturated carbocycles. The van der Waals surface area contributed by atoms with E-state index in [0.717, 1.165) is 25.7 Å². The lowest BCUT2D eigenvalue weighted by atomic mass is 9.96. The molecule has 1 unspecified atom stereocenters. The van der Waals surface area contributed by atoms with Crippen LogP contribution >= 0.6 is 0 Å². The maximum atomic E-state index is 12.0. The van der Waals surface area contributed by atoms with Crippen LogP contribution in [0.5, 0.6) is 0 Å². The van der Waals surface area contributed by atoms with E-state index in [0.29, 0.717) is 12.5 Å². The first-order chi connectivity index (χ1) is 8.97. The Labute approximate surface area is 111 Å². The van der Waals surface area contributed by atoms with Crippen molar-refractivity contribution in [3.05, 3.63) is 0 Å². The van der Waals surface area contributed by atoms with Crippen LogP contribution in [0.1, 0.15) is 38.5 Å². The molecule has 2 fully saturated rings. The molecular weight excluding hydrogens is 257 g/mol. The Morgan fingerprint density at radius 2 is 1.84 bits per heavy atom. The summed E-state index contributed by atoms with van der Waals surface area (Å²) in [6.07, 6.45) is 2.48. The minimum atomic E-state index is -4.25. The van der Waals surface area contributed by atoms with Crippen molar-refractivity contribution in [1.29, 1.82) is 0 Å². The monoisotopic (exact) mass is 278 g/mol. The van der Waals surface area contributed by atoms with Crippen LogP contribution in [0, 0.1) is 5.92 Å². The van der Waals surface area contributed by atoms with Crippen molar-refractivity contribution in [3.8, 4) is 0 Å². The summed E-state index contributed by atoms with van der Waals surface area (Å²) in [6.45, 7) is -0.600. The molecular formula is C13H21F3N2O. The standard InChI is InChI=1S/C13H21F3N2O/c14-13(15,16)9-17-8-12(19)18-7-3-6-11(18)10-4-1-2-5-10/h10-11,17H,1-9H2. The van der Waals surface area contributed by atoms with Gasteiger partial charge in [-0.3, -0.25) is 4.79 Å². The quantitative estimate of drug-likeness (QED) is 0.856. The number of halogens is 3. The molecule has 2 rings (SSSR count). The van der Waals surface area contributed by atoms with Crippen molar-refractivity contribution >= 4 is 5.91 Å². The predicted molar refractivity (Wildman–Crippen MR) is 65.6 cm³/mol. The van der Waals surface area contributed by atoms with E-state index in [2.05, 4.69) is 5.32 Å². The fourth-order valence-electron chi connectivity index (χ4n) is 3.35. The van der Waals surface area contributed by atoms with Gasteiger partial charge in [-0.05, 0) is 31.6 Å². The van der Waals surface area contributed by atoms with Gasteiger partial charge in [-0.2, -0.15) is 13.2 Å². The number of carbonyl (C=O) groups excluding carboxylic acids is 1. The van der Waals surface area contributed by atoms with Crippen LogP contribution in [0.4, 0.5) is 13.2 Å². The van der Waals surface area contributed by atoms with Crippen LogP contribution in [0.25, 0.3) is 0 Å². The van der Waals surface area contributed by atoms with Gasteiger partial charge in [0.1, 0.15) is 0 Å². The Morgan fingerprint density at radius 1 is 1.16 bits per heavy atom. The molecule has 1 aliphatic heterocycles. The van der Waals surface area contributed by atoms with Gasteiger partial charge in [0.15, 0.2) is 0 Å². The molecule has 0 spiro atoms. The zero-order valence-electron chi connectivity index (χ0n) is 11.0. The lowest BCUT2D eigenvalue weighted by Gasteiger charge is -2.29. The largest absolute Gasteiger partial charge is 0.401 e. The second kappa shape index (κ2) is 6.11. The number of nitrogens with zero attached hydrogens (tertiary/aromatic N) is 1. The number of likely N-dealkylation sites (tertiary alicyclic amines) is 1. The summed E-state index contributed by atoms with van der Waals surface area (Å²) >= 11 is 0. The molecule has 2 aliphatic rings. The third kappa shape index (κ3) is 4.09. The number of hydrogen-bond acceptors (Lipinski definition) is 2. The minimum absolute atomic E-state index is 0.182. The van der Waals surface area contributed by atoms with Gasteiger partial charge in [0, 0.05) is 12.6 Å². The molecule has 1 amide bonds. The van der Waals surface area contributed by atoms with Crippen molar-refractivity contribution in [3.63, 3.8) is 0 Å². The van der Waals surface area contributed by atoms with Gasteiger partial charge < -0.3 is 10.2 Å². The van der Waals surface area contributed by atoms with Gasteiger partial charge in [-0.15, -0.1) is 0 Å². The Kier molecular flexibility index (Phi) is 4.71. The summed E-state index contributed by atoms with van der Waals surface area (Å²) in [4.78, 5) is 13.8. The Morgan fingerprint density at radius 3 is 2.47 bits per heavy atom. The highest BCUT2D eigenvalue weighted by atomic mass is 19.4. The number of hydrogen-bond donors (Lipinski definition) is 1. The third-order valence-electron chi connectivity index (χ3n) is 4.17. The van der Waals surface area contributed by atoms with Gasteiger partial charge in [0.25, 0.3) is 0 Å². The molecule has 110 valence electrons. The molecule has 0 radical (unpaired) electrons. The first kappa shape index (κ1) is 14.6. The zero-order chi connectivity index (χ0) is 13.9. The lowest BCUT2D eigenvalue weighted by Crippen LogP contribution is -2.45. The molecule has 6 heteroatoms. The lowest BCUT2D eigenvalue weighted by molar-refractivity contribution is -0.135. The molecule has 0 aromatic heterocycles. The van der Waals surface area contributed by atoms with Gasteiger partial charge in [-0.1, -0.05) is 12.8 Å². The van der Waals surface area contributed by atoms with Crippen LogP contribution in [0.15, 0.2) is 0 Å². The summed E-state index contributed by atoms with van der Waals surface area (Å²) < 4.78 is 36.1. The van der Waals surface area contributed by atoms with Gasteiger partial charge in [0.2, 0.25) is 5.91 Å². The molecule has 1 aliphatic carbocycles. The molecule has 1 N–H and O–H groups in total. The molecule has 0 bridgehead atoms. The smallest absolute Gasteiger partial charge is 0.338 e. The Hall–Kier alpha value is -0.780. The Balaban J connectivity index is 1.80. The maximum absolute atomic E-state index is 12.0. The van der Waals surface area contributed by atoms with Crippen molar-refractivity contribution < 1.29 is 18.0 Å². The number of carbonyl (C=O) groups is 1. The molecule has 1 atom stereocenters. The number of alkyl halides is 3. The topological polar surface area (TPSA) is 32.3 Å². The minimum Gasteiger partial charge on any atom is -0.338 e. The highest BCUT2D eigenvalue weighted by molar-refractivity contribution is 5.78. The highest BCUT2D eigenvalue weighted by Gasteiger charge is 2.36. The van der Waals surface area contributed by atoms with E-state index >= 15 is 0 Å². The highest BCUT2D eigenvalue weighted by Crippen LogP contribution is 2.35. The maximum Gasteiger partial charge on any atom is 0.401 e. The van der Waals surface area contributed by atoms with E-state index in [-0.39, 0.29) is 18.5 Å². The molecule has 0 aromatic rings. The van der Waals surface area contributed by atoms with E-state index in [1.54, 1.807) is 4.90 Å². The molecule has 19 heavy (non-hydrogen) atoms. The van der Waals surface area contributed by atoms with Gasteiger partial charge in [0.05, 0.1) is 13.1 Å². The summed E-state index contributed by atoms with van der Waals surface area (Å²) in [6, 6.07) is 0.266. The van der Waals surface area contributed by atoms with Crippen molar-refractivity contribution in [2.75, 3.05) is 19.6 Å². The average molecular weight is 278 g/mol. The summed E-state index contributed by atoms with van der Waals surface area (Å²) in [5.74, 6) is 0.382. The molecule has 3 nitrogen and oxygen atoms in total. The van der Waals surface area contributed by atoms with Crippen molar-refractivity contribution in [2.45, 2.75) is 50.7 Å². The van der Waals surface area contributed by atoms with E-state index in [9.17, 15) is 18.0 Å². The average Bonchev–Trinajstić information content (AvgIpc) is 2.97. The van der Waals surface area contributed by atoms with Crippen LogP contribution in [-0.2, 0) is 4.79 Å². The summed E-state index contributed by atoms with van der Waals surface area (Å²) in [5, 5.41) is 2.20. The van der Waals surface area contributed by atoms with E-state index in [4.69, 9.17) is 0 Å². The number of rotatable bonds is 4. The van der Waals surface area contributed by atoms with Crippen LogP contribution in [0.3, 0.4) is 0 Å². The second-order valence-electron chi connectivity index (χ2n) is 5.56. The van der Waals surface area contributed by atoms with E-state index in [1.165, 1.54) is 12.8 Å². The Bertz CT molecular complexity index is 314. The predicted octanol–water partition coefficient (Wildman–Crippen LogP) is 2.32.